The predicted molar refractivity (Wildman–Crippen MR) is 64.1 cm³/mol. The summed E-state index contributed by atoms with van der Waals surface area (Å²) in [6.07, 6.45) is 0.396. The average Bonchev–Trinajstić information content (AvgIpc) is 2.27. The lowest BCUT2D eigenvalue weighted by Gasteiger charge is -2.20. The molecular weight excluding hydrogens is 232 g/mol. The highest BCUT2D eigenvalue weighted by molar-refractivity contribution is 6.15. The third-order valence-electron chi connectivity index (χ3n) is 3.15. The maximum absolute atomic E-state index is 12.3. The van der Waals surface area contributed by atoms with E-state index in [4.69, 9.17) is 0 Å². The molecule has 0 atom stereocenters. The van der Waals surface area contributed by atoms with Gasteiger partial charge in [-0.15, -0.1) is 0 Å². The van der Waals surface area contributed by atoms with E-state index in [9.17, 15) is 20.1 Å². The van der Waals surface area contributed by atoms with Crippen molar-refractivity contribution in [3.63, 3.8) is 0 Å². The first kappa shape index (κ1) is 10.7. The molecule has 0 radical (unpaired) electrons. The Morgan fingerprint density at radius 2 is 1.61 bits per heavy atom. The summed E-state index contributed by atoms with van der Waals surface area (Å²) >= 11 is 0. The Morgan fingerprint density at radius 1 is 0.889 bits per heavy atom. The minimum absolute atomic E-state index is 0.0809. The van der Waals surface area contributed by atoms with Crippen molar-refractivity contribution >= 4 is 5.78 Å². The summed E-state index contributed by atoms with van der Waals surface area (Å²) in [5.41, 5.74) is 1.64. The summed E-state index contributed by atoms with van der Waals surface area (Å²) < 4.78 is 0. The molecule has 0 spiro atoms. The number of benzene rings is 2. The van der Waals surface area contributed by atoms with Gasteiger partial charge in [-0.1, -0.05) is 12.1 Å². The molecule has 18 heavy (non-hydrogen) atoms. The van der Waals surface area contributed by atoms with Crippen LogP contribution in [0.15, 0.2) is 30.3 Å². The highest BCUT2D eigenvalue weighted by Crippen LogP contribution is 2.38. The Labute approximate surface area is 103 Å². The first-order chi connectivity index (χ1) is 8.58. The van der Waals surface area contributed by atoms with Crippen molar-refractivity contribution in [2.75, 3.05) is 0 Å². The van der Waals surface area contributed by atoms with Crippen LogP contribution in [0.3, 0.4) is 0 Å². The topological polar surface area (TPSA) is 77.8 Å². The van der Waals surface area contributed by atoms with Crippen LogP contribution in [0.5, 0.6) is 17.2 Å². The second-order valence-electron chi connectivity index (χ2n) is 4.32. The molecule has 0 aliphatic heterocycles. The number of aromatic hydroxyl groups is 3. The van der Waals surface area contributed by atoms with E-state index in [-0.39, 0.29) is 28.4 Å². The summed E-state index contributed by atoms with van der Waals surface area (Å²) in [7, 11) is 0. The van der Waals surface area contributed by atoms with Gasteiger partial charge in [0, 0.05) is 6.07 Å². The normalized spacial score (nSPS) is 13.0. The Morgan fingerprint density at radius 3 is 2.39 bits per heavy atom. The summed E-state index contributed by atoms with van der Waals surface area (Å²) in [5, 5.41) is 28.9. The highest BCUT2D eigenvalue weighted by atomic mass is 16.3. The molecule has 4 heteroatoms. The van der Waals surface area contributed by atoms with Crippen LogP contribution < -0.4 is 0 Å². The lowest BCUT2D eigenvalue weighted by molar-refractivity contribution is 0.103. The van der Waals surface area contributed by atoms with E-state index < -0.39 is 5.78 Å². The maximum atomic E-state index is 12.3. The van der Waals surface area contributed by atoms with E-state index in [0.717, 1.165) is 6.07 Å². The van der Waals surface area contributed by atoms with Crippen LogP contribution in [0.25, 0.3) is 0 Å². The summed E-state index contributed by atoms with van der Waals surface area (Å²) in [6.45, 7) is 0. The van der Waals surface area contributed by atoms with Gasteiger partial charge in [0.15, 0.2) is 0 Å². The second-order valence-corrected chi connectivity index (χ2v) is 4.32. The predicted octanol–water partition coefficient (Wildman–Crippen LogP) is 1.94. The van der Waals surface area contributed by atoms with Crippen LogP contribution in [-0.2, 0) is 6.42 Å². The van der Waals surface area contributed by atoms with E-state index in [1.807, 2.05) is 0 Å². The fourth-order valence-electron chi connectivity index (χ4n) is 2.40. The minimum atomic E-state index is -0.415. The largest absolute Gasteiger partial charge is 0.508 e. The van der Waals surface area contributed by atoms with Crippen LogP contribution in [0.2, 0.25) is 0 Å². The third-order valence-corrected chi connectivity index (χ3v) is 3.15. The Bertz CT molecular complexity index is 674. The number of hydrogen-bond acceptors (Lipinski definition) is 4. The van der Waals surface area contributed by atoms with Gasteiger partial charge in [0.25, 0.3) is 0 Å². The molecule has 0 fully saturated rings. The van der Waals surface area contributed by atoms with Crippen molar-refractivity contribution in [1.82, 2.24) is 0 Å². The molecular formula is C14H10O4. The number of ketones is 1. The molecule has 3 N–H and O–H groups in total. The van der Waals surface area contributed by atoms with E-state index in [0.29, 0.717) is 17.5 Å². The van der Waals surface area contributed by atoms with Crippen LogP contribution in [0.4, 0.5) is 0 Å². The molecule has 0 bridgehead atoms. The van der Waals surface area contributed by atoms with Gasteiger partial charge >= 0.3 is 0 Å². The zero-order valence-electron chi connectivity index (χ0n) is 9.34. The lowest BCUT2D eigenvalue weighted by Crippen LogP contribution is -2.15. The zero-order chi connectivity index (χ0) is 12.9. The molecule has 1 aliphatic carbocycles. The van der Waals surface area contributed by atoms with Crippen molar-refractivity contribution in [2.45, 2.75) is 6.42 Å². The summed E-state index contributed by atoms with van der Waals surface area (Å²) in [5.74, 6) is -0.843. The standard InChI is InChI=1S/C14H10O4/c15-9-5-8-4-7-2-1-3-10(16)12(7)14(18)13(8)11(17)6-9/h1-3,5-6,15-17H,4H2. The van der Waals surface area contributed by atoms with E-state index in [1.54, 1.807) is 12.1 Å². The Kier molecular flexibility index (Phi) is 2.07. The van der Waals surface area contributed by atoms with Gasteiger partial charge < -0.3 is 15.3 Å². The van der Waals surface area contributed by atoms with Gasteiger partial charge in [0.2, 0.25) is 5.78 Å². The molecule has 1 aliphatic rings. The van der Waals surface area contributed by atoms with Crippen LogP contribution >= 0.6 is 0 Å². The fourth-order valence-corrected chi connectivity index (χ4v) is 2.40. The van der Waals surface area contributed by atoms with Crippen molar-refractivity contribution in [2.24, 2.45) is 0 Å². The van der Waals surface area contributed by atoms with Crippen molar-refractivity contribution in [3.05, 3.63) is 52.6 Å². The molecule has 90 valence electrons. The molecule has 0 aromatic heterocycles. The highest BCUT2D eigenvalue weighted by Gasteiger charge is 2.28. The molecule has 2 aromatic rings. The number of hydrogen-bond donors (Lipinski definition) is 3. The molecule has 2 aromatic carbocycles. The molecule has 0 saturated carbocycles. The molecule has 0 unspecified atom stereocenters. The van der Waals surface area contributed by atoms with Crippen molar-refractivity contribution in [3.8, 4) is 17.2 Å². The van der Waals surface area contributed by atoms with Gasteiger partial charge in [-0.2, -0.15) is 0 Å². The number of carbonyl (C=O) groups excluding carboxylic acids is 1. The lowest BCUT2D eigenvalue weighted by atomic mass is 9.84. The van der Waals surface area contributed by atoms with Gasteiger partial charge in [-0.25, -0.2) is 0 Å². The average molecular weight is 242 g/mol. The molecule has 0 heterocycles. The summed E-state index contributed by atoms with van der Waals surface area (Å²) in [6, 6.07) is 7.44. The fraction of sp³-hybridized carbons (Fsp3) is 0.0714. The second kappa shape index (κ2) is 3.50. The zero-order valence-corrected chi connectivity index (χ0v) is 9.34. The summed E-state index contributed by atoms with van der Waals surface area (Å²) in [4.78, 5) is 12.3. The smallest absolute Gasteiger partial charge is 0.201 e. The monoisotopic (exact) mass is 242 g/mol. The minimum Gasteiger partial charge on any atom is -0.508 e. The number of rotatable bonds is 0. The van der Waals surface area contributed by atoms with Crippen LogP contribution in [-0.4, -0.2) is 21.1 Å². The molecule has 0 amide bonds. The Balaban J connectivity index is 2.29. The first-order valence-corrected chi connectivity index (χ1v) is 5.48. The molecule has 0 saturated heterocycles. The Hall–Kier alpha value is -2.49. The SMILES string of the molecule is O=C1c2c(O)cccc2Cc2cc(O)cc(O)c21. The van der Waals surface area contributed by atoms with Crippen molar-refractivity contribution < 1.29 is 20.1 Å². The number of phenolic OH excluding ortho intramolecular Hbond substituents is 3. The molecule has 4 nitrogen and oxygen atoms in total. The van der Waals surface area contributed by atoms with Crippen LogP contribution in [0.1, 0.15) is 27.0 Å². The number of fused-ring (bicyclic) bond motifs is 2. The van der Waals surface area contributed by atoms with Crippen molar-refractivity contribution in [1.29, 1.82) is 0 Å². The number of carbonyl (C=O) groups is 1. The third kappa shape index (κ3) is 1.35. The number of phenols is 3. The van der Waals surface area contributed by atoms with E-state index in [1.165, 1.54) is 12.1 Å². The van der Waals surface area contributed by atoms with Gasteiger partial charge in [0.05, 0.1) is 11.1 Å². The molecule has 3 rings (SSSR count). The first-order valence-electron chi connectivity index (χ1n) is 5.48. The van der Waals surface area contributed by atoms with E-state index in [2.05, 4.69) is 0 Å². The van der Waals surface area contributed by atoms with Gasteiger partial charge in [0.1, 0.15) is 17.2 Å². The quantitative estimate of drug-likeness (QED) is 0.563. The van der Waals surface area contributed by atoms with Gasteiger partial charge in [-0.3, -0.25) is 4.79 Å². The van der Waals surface area contributed by atoms with Gasteiger partial charge in [-0.05, 0) is 29.7 Å². The van der Waals surface area contributed by atoms with E-state index >= 15 is 0 Å². The van der Waals surface area contributed by atoms with Crippen LogP contribution in [0, 0.1) is 0 Å². The maximum Gasteiger partial charge on any atom is 0.201 e.